The number of benzene rings is 2. The Morgan fingerprint density at radius 3 is 2.50 bits per heavy atom. The lowest BCUT2D eigenvalue weighted by atomic mass is 10.1. The highest BCUT2D eigenvalue weighted by atomic mass is 79.9. The lowest BCUT2D eigenvalue weighted by Crippen LogP contribution is -2.49. The Bertz CT molecular complexity index is 828. The van der Waals surface area contributed by atoms with Crippen molar-refractivity contribution in [2.45, 2.75) is 52.2 Å². The van der Waals surface area contributed by atoms with Gasteiger partial charge in [-0.15, -0.1) is 0 Å². The Kier molecular flexibility index (Phi) is 8.52. The Labute approximate surface area is 180 Å². The number of hydrogen-bond donors (Lipinski definition) is 1. The number of nitrogens with one attached hydrogen (secondary N) is 1. The first kappa shape index (κ1) is 22.4. The molecule has 0 spiro atoms. The summed E-state index contributed by atoms with van der Waals surface area (Å²) in [7, 11) is 0. The molecule has 2 aromatic carbocycles. The molecule has 0 saturated heterocycles. The number of carbonyl (C=O) groups is 2. The maximum absolute atomic E-state index is 13.1. The first-order valence-corrected chi connectivity index (χ1v) is 10.6. The van der Waals surface area contributed by atoms with Crippen LogP contribution in [0.2, 0.25) is 5.02 Å². The fraction of sp³-hybridized carbons (Fsp3) is 0.364. The van der Waals surface area contributed by atoms with Gasteiger partial charge in [-0.05, 0) is 49.6 Å². The van der Waals surface area contributed by atoms with E-state index in [1.165, 1.54) is 0 Å². The number of amides is 2. The van der Waals surface area contributed by atoms with Gasteiger partial charge in [0.25, 0.3) is 0 Å². The molecular formula is C22H26BrClN2O2. The van der Waals surface area contributed by atoms with Gasteiger partial charge in [0.1, 0.15) is 6.04 Å². The Morgan fingerprint density at radius 2 is 1.86 bits per heavy atom. The topological polar surface area (TPSA) is 49.4 Å². The van der Waals surface area contributed by atoms with Crippen LogP contribution in [-0.4, -0.2) is 28.8 Å². The Morgan fingerprint density at radius 1 is 1.14 bits per heavy atom. The Hall–Kier alpha value is -1.85. The molecule has 0 unspecified atom stereocenters. The first-order chi connectivity index (χ1) is 13.3. The maximum Gasteiger partial charge on any atom is 0.242 e. The molecule has 0 aromatic heterocycles. The van der Waals surface area contributed by atoms with Gasteiger partial charge in [0, 0.05) is 22.1 Å². The SMILES string of the molecule is CC[C@@H](C)NC(=O)[C@H](C)N(Cc1cccc(Br)c1)C(=O)Cc1ccccc1Cl. The summed E-state index contributed by atoms with van der Waals surface area (Å²) in [5, 5.41) is 3.52. The van der Waals surface area contributed by atoms with E-state index in [1.54, 1.807) is 17.9 Å². The molecule has 28 heavy (non-hydrogen) atoms. The van der Waals surface area contributed by atoms with Crippen LogP contribution in [0.5, 0.6) is 0 Å². The van der Waals surface area contributed by atoms with Crippen molar-refractivity contribution in [3.05, 3.63) is 69.2 Å². The zero-order chi connectivity index (χ0) is 20.7. The highest BCUT2D eigenvalue weighted by Gasteiger charge is 2.27. The molecule has 2 rings (SSSR count). The molecule has 0 fully saturated rings. The maximum atomic E-state index is 13.1. The molecular weight excluding hydrogens is 440 g/mol. The van der Waals surface area contributed by atoms with Gasteiger partial charge in [-0.1, -0.05) is 64.8 Å². The van der Waals surface area contributed by atoms with Gasteiger partial charge in [-0.3, -0.25) is 9.59 Å². The highest BCUT2D eigenvalue weighted by Crippen LogP contribution is 2.19. The predicted molar refractivity (Wildman–Crippen MR) is 117 cm³/mol. The quantitative estimate of drug-likeness (QED) is 0.598. The van der Waals surface area contributed by atoms with Crippen molar-refractivity contribution in [2.75, 3.05) is 0 Å². The van der Waals surface area contributed by atoms with E-state index in [4.69, 9.17) is 11.6 Å². The third-order valence-corrected chi connectivity index (χ3v) is 5.57. The van der Waals surface area contributed by atoms with Crippen LogP contribution in [0.4, 0.5) is 0 Å². The van der Waals surface area contributed by atoms with Gasteiger partial charge in [0.15, 0.2) is 0 Å². The fourth-order valence-electron chi connectivity index (χ4n) is 2.79. The fourth-order valence-corrected chi connectivity index (χ4v) is 3.44. The number of halogens is 2. The molecule has 150 valence electrons. The molecule has 0 radical (unpaired) electrons. The van der Waals surface area contributed by atoms with Crippen molar-refractivity contribution in [3.63, 3.8) is 0 Å². The van der Waals surface area contributed by atoms with Crippen LogP contribution >= 0.6 is 27.5 Å². The van der Waals surface area contributed by atoms with E-state index in [1.807, 2.05) is 56.3 Å². The summed E-state index contributed by atoms with van der Waals surface area (Å²) in [6.45, 7) is 6.07. The highest BCUT2D eigenvalue weighted by molar-refractivity contribution is 9.10. The van der Waals surface area contributed by atoms with E-state index in [2.05, 4.69) is 21.2 Å². The average Bonchev–Trinajstić information content (AvgIpc) is 2.67. The number of rotatable bonds is 8. The summed E-state index contributed by atoms with van der Waals surface area (Å²) in [5.74, 6) is -0.295. The smallest absolute Gasteiger partial charge is 0.242 e. The summed E-state index contributed by atoms with van der Waals surface area (Å²) in [6, 6.07) is 14.5. The van der Waals surface area contributed by atoms with E-state index in [-0.39, 0.29) is 24.3 Å². The summed E-state index contributed by atoms with van der Waals surface area (Å²) in [4.78, 5) is 27.4. The normalized spacial score (nSPS) is 12.9. The van der Waals surface area contributed by atoms with E-state index < -0.39 is 6.04 Å². The third kappa shape index (κ3) is 6.35. The van der Waals surface area contributed by atoms with Gasteiger partial charge >= 0.3 is 0 Å². The van der Waals surface area contributed by atoms with Crippen LogP contribution in [0, 0.1) is 0 Å². The second kappa shape index (κ2) is 10.6. The summed E-state index contributed by atoms with van der Waals surface area (Å²) < 4.78 is 0.931. The molecule has 0 aliphatic heterocycles. The number of hydrogen-bond acceptors (Lipinski definition) is 2. The van der Waals surface area contributed by atoms with Crippen LogP contribution in [0.3, 0.4) is 0 Å². The standard InChI is InChI=1S/C22H26BrClN2O2/c1-4-15(2)25-22(28)16(3)26(14-17-8-7-10-19(23)12-17)21(27)13-18-9-5-6-11-20(18)24/h5-12,15-16H,4,13-14H2,1-3H3,(H,25,28)/t15-,16+/m1/s1. The van der Waals surface area contributed by atoms with Gasteiger partial charge < -0.3 is 10.2 Å². The van der Waals surface area contributed by atoms with Gasteiger partial charge in [0.2, 0.25) is 11.8 Å². The monoisotopic (exact) mass is 464 g/mol. The van der Waals surface area contributed by atoms with Gasteiger partial charge in [-0.25, -0.2) is 0 Å². The average molecular weight is 466 g/mol. The zero-order valence-corrected chi connectivity index (χ0v) is 18.8. The van der Waals surface area contributed by atoms with Crippen molar-refractivity contribution in [2.24, 2.45) is 0 Å². The predicted octanol–water partition coefficient (Wildman–Crippen LogP) is 4.98. The second-order valence-electron chi connectivity index (χ2n) is 6.91. The van der Waals surface area contributed by atoms with Gasteiger partial charge in [-0.2, -0.15) is 0 Å². The molecule has 0 aliphatic carbocycles. The van der Waals surface area contributed by atoms with Gasteiger partial charge in [0.05, 0.1) is 6.42 Å². The molecule has 0 bridgehead atoms. The lowest BCUT2D eigenvalue weighted by Gasteiger charge is -2.30. The third-order valence-electron chi connectivity index (χ3n) is 4.71. The van der Waals surface area contributed by atoms with E-state index in [0.29, 0.717) is 11.6 Å². The molecule has 4 nitrogen and oxygen atoms in total. The van der Waals surface area contributed by atoms with E-state index >= 15 is 0 Å². The van der Waals surface area contributed by atoms with Crippen molar-refractivity contribution in [1.29, 1.82) is 0 Å². The molecule has 2 amide bonds. The summed E-state index contributed by atoms with van der Waals surface area (Å²) in [6.07, 6.45) is 0.978. The zero-order valence-electron chi connectivity index (χ0n) is 16.4. The first-order valence-electron chi connectivity index (χ1n) is 9.39. The van der Waals surface area contributed by atoms with E-state index in [0.717, 1.165) is 22.0 Å². The van der Waals surface area contributed by atoms with Crippen molar-refractivity contribution < 1.29 is 9.59 Å². The molecule has 0 saturated carbocycles. The van der Waals surface area contributed by atoms with Crippen LogP contribution in [-0.2, 0) is 22.6 Å². The van der Waals surface area contributed by atoms with Crippen LogP contribution in [0.25, 0.3) is 0 Å². The molecule has 6 heteroatoms. The van der Waals surface area contributed by atoms with Crippen molar-refractivity contribution >= 4 is 39.3 Å². The summed E-state index contributed by atoms with van der Waals surface area (Å²) >= 11 is 9.69. The van der Waals surface area contributed by atoms with Crippen molar-refractivity contribution in [3.8, 4) is 0 Å². The molecule has 1 N–H and O–H groups in total. The molecule has 2 atom stereocenters. The summed E-state index contributed by atoms with van der Waals surface area (Å²) in [5.41, 5.74) is 1.70. The van der Waals surface area contributed by atoms with Crippen molar-refractivity contribution in [1.82, 2.24) is 10.2 Å². The minimum absolute atomic E-state index is 0.0568. The number of nitrogens with zero attached hydrogens (tertiary/aromatic N) is 1. The van der Waals surface area contributed by atoms with Crippen LogP contribution < -0.4 is 5.32 Å². The minimum atomic E-state index is -0.594. The second-order valence-corrected chi connectivity index (χ2v) is 8.24. The van der Waals surface area contributed by atoms with Crippen LogP contribution in [0.15, 0.2) is 53.0 Å². The number of carbonyl (C=O) groups excluding carboxylic acids is 2. The minimum Gasteiger partial charge on any atom is -0.352 e. The van der Waals surface area contributed by atoms with E-state index in [9.17, 15) is 9.59 Å². The van der Waals surface area contributed by atoms with Crippen LogP contribution in [0.1, 0.15) is 38.3 Å². The molecule has 0 heterocycles. The Balaban J connectivity index is 2.25. The largest absolute Gasteiger partial charge is 0.352 e. The molecule has 0 aliphatic rings. The molecule has 2 aromatic rings. The lowest BCUT2D eigenvalue weighted by molar-refractivity contribution is -0.140.